The second-order valence-electron chi connectivity index (χ2n) is 9.69. The molecule has 0 radical (unpaired) electrons. The summed E-state index contributed by atoms with van der Waals surface area (Å²) < 4.78 is 0. The monoisotopic (exact) mass is 467 g/mol. The van der Waals surface area contributed by atoms with Gasteiger partial charge in [-0.05, 0) is 78.0 Å². The van der Waals surface area contributed by atoms with Gasteiger partial charge in [0.25, 0.3) is 0 Å². The Kier molecular flexibility index (Phi) is 9.90. The molecule has 0 bridgehead atoms. The first-order valence-electron chi connectivity index (χ1n) is 13.2. The second-order valence-corrected chi connectivity index (χ2v) is 9.69. The molecule has 0 aliphatic carbocycles. The van der Waals surface area contributed by atoms with Crippen molar-refractivity contribution in [1.29, 1.82) is 0 Å². The van der Waals surface area contributed by atoms with Gasteiger partial charge >= 0.3 is 0 Å². The van der Waals surface area contributed by atoms with Crippen LogP contribution in [0.4, 0.5) is 0 Å². The zero-order valence-corrected chi connectivity index (χ0v) is 22.1. The molecule has 0 N–H and O–H groups in total. The summed E-state index contributed by atoms with van der Waals surface area (Å²) in [6.45, 7) is 10.7. The lowest BCUT2D eigenvalue weighted by molar-refractivity contribution is -0.125. The normalized spacial score (nSPS) is 10.9. The van der Waals surface area contributed by atoms with E-state index in [9.17, 15) is 4.79 Å². The van der Waals surface area contributed by atoms with Crippen LogP contribution in [0.2, 0.25) is 0 Å². The molecule has 3 aromatic rings. The number of likely N-dealkylation sites (N-methyl/N-ethyl adjacent to an activating group) is 1. The van der Waals surface area contributed by atoms with Crippen molar-refractivity contribution in [2.45, 2.75) is 65.7 Å². The van der Waals surface area contributed by atoms with Crippen molar-refractivity contribution in [2.75, 3.05) is 13.6 Å². The maximum Gasteiger partial charge on any atom is 0.248 e. The third kappa shape index (κ3) is 7.42. The molecule has 0 spiro atoms. The molecule has 1 amide bonds. The minimum Gasteiger partial charge on any atom is -0.342 e. The topological polar surface area (TPSA) is 20.3 Å². The molecule has 0 saturated carbocycles. The minimum absolute atomic E-state index is 0.0263. The number of carbonyl (C=O) groups excluding carboxylic acids is 1. The molecular formula is C33H41NO. The minimum atomic E-state index is 0.0263. The summed E-state index contributed by atoms with van der Waals surface area (Å²) in [7, 11) is 1.84. The van der Waals surface area contributed by atoms with Crippen LogP contribution >= 0.6 is 0 Å². The van der Waals surface area contributed by atoms with E-state index in [1.54, 1.807) is 11.8 Å². The zero-order chi connectivity index (χ0) is 25.2. The number of unbranched alkanes of at least 4 members (excludes halogenated alkanes) is 2. The summed E-state index contributed by atoms with van der Waals surface area (Å²) in [5.41, 5.74) is 9.86. The summed E-state index contributed by atoms with van der Waals surface area (Å²) in [4.78, 5) is 13.7. The molecule has 0 saturated heterocycles. The van der Waals surface area contributed by atoms with Crippen LogP contribution in [0.25, 0.3) is 22.3 Å². The van der Waals surface area contributed by atoms with E-state index < -0.39 is 0 Å². The third-order valence-corrected chi connectivity index (χ3v) is 6.78. The van der Waals surface area contributed by atoms with E-state index >= 15 is 0 Å². The third-order valence-electron chi connectivity index (χ3n) is 6.78. The number of carbonyl (C=O) groups is 1. The van der Waals surface area contributed by atoms with E-state index in [4.69, 9.17) is 0 Å². The van der Waals surface area contributed by atoms with Crippen molar-refractivity contribution in [2.24, 2.45) is 0 Å². The highest BCUT2D eigenvalue weighted by atomic mass is 16.2. The molecule has 2 heteroatoms. The van der Waals surface area contributed by atoms with E-state index in [-0.39, 0.29) is 5.91 Å². The van der Waals surface area contributed by atoms with Gasteiger partial charge in [-0.3, -0.25) is 4.79 Å². The van der Waals surface area contributed by atoms with Crippen LogP contribution in [0.5, 0.6) is 0 Å². The SMILES string of the molecule is C=C(C)C(=O)N(C)CCCc1ccc(-c2ccc(-c3ccc(CCCCC)cc3)c(CC)c2)cc1. The van der Waals surface area contributed by atoms with Crippen LogP contribution in [0, 0.1) is 0 Å². The summed E-state index contributed by atoms with van der Waals surface area (Å²) in [5.74, 6) is 0.0263. The quantitative estimate of drug-likeness (QED) is 0.194. The first kappa shape index (κ1) is 26.5. The van der Waals surface area contributed by atoms with E-state index in [1.165, 1.54) is 64.6 Å². The van der Waals surface area contributed by atoms with Gasteiger partial charge in [0, 0.05) is 19.2 Å². The Bertz CT molecular complexity index is 1110. The zero-order valence-electron chi connectivity index (χ0n) is 22.1. The number of rotatable bonds is 12. The van der Waals surface area contributed by atoms with E-state index in [0.29, 0.717) is 5.57 Å². The summed E-state index contributed by atoms with van der Waals surface area (Å²) in [6.07, 6.45) is 7.93. The fraction of sp³-hybridized carbons (Fsp3) is 0.364. The Morgan fingerprint density at radius 3 is 1.91 bits per heavy atom. The molecule has 0 fully saturated rings. The Morgan fingerprint density at radius 1 is 0.771 bits per heavy atom. The Labute approximate surface area is 212 Å². The van der Waals surface area contributed by atoms with Gasteiger partial charge in [-0.1, -0.05) is 100.0 Å². The molecule has 2 nitrogen and oxygen atoms in total. The lowest BCUT2D eigenvalue weighted by Crippen LogP contribution is -2.28. The van der Waals surface area contributed by atoms with E-state index in [0.717, 1.165) is 25.8 Å². The summed E-state index contributed by atoms with van der Waals surface area (Å²) in [6, 6.07) is 24.9. The smallest absolute Gasteiger partial charge is 0.248 e. The van der Waals surface area contributed by atoms with Gasteiger partial charge in [-0.25, -0.2) is 0 Å². The standard InChI is InChI=1S/C33H41NO/c1-6-8-9-11-26-15-19-30(20-16-26)32-22-21-31(24-28(32)7-2)29-17-13-27(14-18-29)12-10-23-34(5)33(35)25(3)4/h13-22,24H,3,6-12,23H2,1-2,4-5H3. The van der Waals surface area contributed by atoms with Gasteiger partial charge in [0.05, 0.1) is 0 Å². The predicted octanol–water partition coefficient (Wildman–Crippen LogP) is 8.28. The summed E-state index contributed by atoms with van der Waals surface area (Å²) in [5, 5.41) is 0. The van der Waals surface area contributed by atoms with Crippen molar-refractivity contribution >= 4 is 5.91 Å². The van der Waals surface area contributed by atoms with Crippen molar-refractivity contribution in [1.82, 2.24) is 4.90 Å². The fourth-order valence-corrected chi connectivity index (χ4v) is 4.59. The molecule has 3 rings (SSSR count). The highest BCUT2D eigenvalue weighted by molar-refractivity contribution is 5.91. The Hall–Kier alpha value is -3.13. The Morgan fingerprint density at radius 2 is 1.34 bits per heavy atom. The lowest BCUT2D eigenvalue weighted by atomic mass is 9.92. The van der Waals surface area contributed by atoms with Crippen LogP contribution in [0.3, 0.4) is 0 Å². The lowest BCUT2D eigenvalue weighted by Gasteiger charge is -2.17. The molecule has 3 aromatic carbocycles. The average molecular weight is 468 g/mol. The summed E-state index contributed by atoms with van der Waals surface area (Å²) >= 11 is 0. The number of hydrogen-bond acceptors (Lipinski definition) is 1. The van der Waals surface area contributed by atoms with E-state index in [1.807, 2.05) is 7.05 Å². The number of aryl methyl sites for hydroxylation is 3. The molecule has 0 unspecified atom stereocenters. The maximum atomic E-state index is 11.9. The van der Waals surface area contributed by atoms with Crippen LogP contribution in [0.1, 0.15) is 63.1 Å². The van der Waals surface area contributed by atoms with Crippen molar-refractivity contribution in [3.8, 4) is 22.3 Å². The molecule has 0 aliphatic rings. The fourth-order valence-electron chi connectivity index (χ4n) is 4.59. The molecule has 0 aromatic heterocycles. The number of benzene rings is 3. The van der Waals surface area contributed by atoms with Crippen LogP contribution in [0.15, 0.2) is 78.9 Å². The number of amides is 1. The predicted molar refractivity (Wildman–Crippen MR) is 151 cm³/mol. The van der Waals surface area contributed by atoms with E-state index in [2.05, 4.69) is 87.2 Å². The van der Waals surface area contributed by atoms with Crippen molar-refractivity contribution in [3.05, 3.63) is 95.6 Å². The molecular weight excluding hydrogens is 426 g/mol. The van der Waals surface area contributed by atoms with Crippen molar-refractivity contribution in [3.63, 3.8) is 0 Å². The first-order valence-corrected chi connectivity index (χ1v) is 13.2. The Balaban J connectivity index is 1.65. The molecule has 0 heterocycles. The van der Waals surface area contributed by atoms with Gasteiger partial charge in [0.2, 0.25) is 5.91 Å². The van der Waals surface area contributed by atoms with Crippen molar-refractivity contribution < 1.29 is 4.79 Å². The van der Waals surface area contributed by atoms with Gasteiger partial charge in [-0.2, -0.15) is 0 Å². The largest absolute Gasteiger partial charge is 0.342 e. The first-order chi connectivity index (χ1) is 16.9. The highest BCUT2D eigenvalue weighted by Crippen LogP contribution is 2.30. The number of hydrogen-bond donors (Lipinski definition) is 0. The maximum absolute atomic E-state index is 11.9. The molecule has 0 atom stereocenters. The van der Waals surface area contributed by atoms with Gasteiger partial charge in [0.15, 0.2) is 0 Å². The molecule has 35 heavy (non-hydrogen) atoms. The van der Waals surface area contributed by atoms with Crippen LogP contribution in [-0.2, 0) is 24.1 Å². The molecule has 184 valence electrons. The van der Waals surface area contributed by atoms with Crippen LogP contribution < -0.4 is 0 Å². The van der Waals surface area contributed by atoms with Gasteiger partial charge in [-0.15, -0.1) is 0 Å². The van der Waals surface area contributed by atoms with Gasteiger partial charge < -0.3 is 4.90 Å². The highest BCUT2D eigenvalue weighted by Gasteiger charge is 2.09. The molecule has 0 aliphatic heterocycles. The van der Waals surface area contributed by atoms with Gasteiger partial charge in [0.1, 0.15) is 0 Å². The number of nitrogens with zero attached hydrogens (tertiary/aromatic N) is 1. The average Bonchev–Trinajstić information content (AvgIpc) is 2.88. The second kappa shape index (κ2) is 13.1. The van der Waals surface area contributed by atoms with Crippen LogP contribution in [-0.4, -0.2) is 24.4 Å².